The van der Waals surface area contributed by atoms with Crippen LogP contribution in [-0.2, 0) is 14.3 Å². The predicted molar refractivity (Wildman–Crippen MR) is 76.4 cm³/mol. The molecule has 3 amide bonds. The molecule has 1 aliphatic carbocycles. The van der Waals surface area contributed by atoms with Gasteiger partial charge in [-0.3, -0.25) is 14.5 Å². The summed E-state index contributed by atoms with van der Waals surface area (Å²) in [5.74, 6) is -0.0430. The molecule has 1 aliphatic heterocycles. The molecule has 2 aliphatic rings. The van der Waals surface area contributed by atoms with Crippen LogP contribution in [0.25, 0.3) is 0 Å². The molecule has 1 N–H and O–H groups in total. The lowest BCUT2D eigenvalue weighted by Gasteiger charge is -2.34. The van der Waals surface area contributed by atoms with Crippen LogP contribution >= 0.6 is 0 Å². The maximum atomic E-state index is 12.7. The minimum Gasteiger partial charge on any atom is -0.469 e. The summed E-state index contributed by atoms with van der Waals surface area (Å²) in [5.41, 5.74) is -1.66. The molecule has 0 radical (unpaired) electrons. The van der Waals surface area contributed by atoms with Gasteiger partial charge in [-0.2, -0.15) is 0 Å². The third-order valence-electron chi connectivity index (χ3n) is 4.67. The summed E-state index contributed by atoms with van der Waals surface area (Å²) in [4.78, 5) is 37.8. The molecule has 1 saturated heterocycles. The van der Waals surface area contributed by atoms with Crippen LogP contribution in [0.5, 0.6) is 0 Å². The molecule has 118 valence electrons. The fraction of sp³-hybridized carbons (Fsp3) is 0.800. The van der Waals surface area contributed by atoms with Crippen molar-refractivity contribution in [2.75, 3.05) is 13.7 Å². The third-order valence-corrected chi connectivity index (χ3v) is 4.67. The lowest BCUT2D eigenvalue weighted by atomic mass is 9.77. The van der Waals surface area contributed by atoms with Gasteiger partial charge in [0.1, 0.15) is 5.54 Å². The molecular weight excluding hydrogens is 272 g/mol. The average Bonchev–Trinajstić information content (AvgIpc) is 2.66. The number of urea groups is 1. The number of esters is 1. The number of hydrogen-bond acceptors (Lipinski definition) is 4. The minimum atomic E-state index is -0.908. The monoisotopic (exact) mass is 296 g/mol. The zero-order valence-corrected chi connectivity index (χ0v) is 13.2. The largest absolute Gasteiger partial charge is 0.469 e. The van der Waals surface area contributed by atoms with E-state index in [9.17, 15) is 14.4 Å². The number of nitrogens with zero attached hydrogens (tertiary/aromatic N) is 1. The van der Waals surface area contributed by atoms with Crippen molar-refractivity contribution in [2.45, 2.75) is 52.0 Å². The van der Waals surface area contributed by atoms with E-state index >= 15 is 0 Å². The first-order valence-corrected chi connectivity index (χ1v) is 7.44. The normalized spacial score (nSPS) is 29.7. The Bertz CT molecular complexity index is 464. The first kappa shape index (κ1) is 15.8. The van der Waals surface area contributed by atoms with Crippen molar-refractivity contribution in [1.29, 1.82) is 0 Å². The lowest BCUT2D eigenvalue weighted by Crippen LogP contribution is -2.50. The fourth-order valence-electron chi connectivity index (χ4n) is 3.15. The van der Waals surface area contributed by atoms with Gasteiger partial charge in [-0.15, -0.1) is 0 Å². The van der Waals surface area contributed by atoms with E-state index in [1.807, 2.05) is 0 Å². The quantitative estimate of drug-likeness (QED) is 0.635. The van der Waals surface area contributed by atoms with Crippen LogP contribution in [0.2, 0.25) is 0 Å². The van der Waals surface area contributed by atoms with E-state index < -0.39 is 23.0 Å². The number of hydrogen-bond donors (Lipinski definition) is 1. The molecule has 6 nitrogen and oxygen atoms in total. The highest BCUT2D eigenvalue weighted by Gasteiger charge is 2.53. The Morgan fingerprint density at radius 2 is 1.95 bits per heavy atom. The van der Waals surface area contributed by atoms with Crippen molar-refractivity contribution in [3.8, 4) is 0 Å². The van der Waals surface area contributed by atoms with Gasteiger partial charge in [-0.05, 0) is 45.4 Å². The second kappa shape index (κ2) is 5.31. The average molecular weight is 296 g/mol. The number of rotatable bonds is 3. The van der Waals surface area contributed by atoms with E-state index in [0.717, 1.165) is 12.8 Å². The number of nitrogens with one attached hydrogen (secondary N) is 1. The van der Waals surface area contributed by atoms with Crippen molar-refractivity contribution >= 4 is 17.9 Å². The van der Waals surface area contributed by atoms with Gasteiger partial charge in [-0.25, -0.2) is 4.79 Å². The summed E-state index contributed by atoms with van der Waals surface area (Å²) in [6, 6.07) is -0.397. The third kappa shape index (κ3) is 2.76. The second-order valence-electron chi connectivity index (χ2n) is 6.96. The van der Waals surface area contributed by atoms with E-state index in [4.69, 9.17) is 4.74 Å². The molecule has 2 fully saturated rings. The predicted octanol–water partition coefficient (Wildman–Crippen LogP) is 1.69. The standard InChI is InChI=1S/C15H24N2O4/c1-10-5-7-15(8-6-10)11(18)17(13(20)16-15)9-14(2,3)12(19)21-4/h10H,5-9H2,1-4H3,(H,16,20). The van der Waals surface area contributed by atoms with Gasteiger partial charge >= 0.3 is 12.0 Å². The van der Waals surface area contributed by atoms with Gasteiger partial charge in [0.2, 0.25) is 0 Å². The lowest BCUT2D eigenvalue weighted by molar-refractivity contribution is -0.152. The number of methoxy groups -OCH3 is 1. The Balaban J connectivity index is 2.14. The molecule has 2 rings (SSSR count). The molecule has 6 heteroatoms. The molecule has 1 saturated carbocycles. The molecule has 1 heterocycles. The van der Waals surface area contributed by atoms with E-state index in [1.54, 1.807) is 13.8 Å². The zero-order chi connectivity index (χ0) is 15.8. The van der Waals surface area contributed by atoms with Gasteiger partial charge in [0.05, 0.1) is 12.5 Å². The molecule has 0 atom stereocenters. The number of imide groups is 1. The van der Waals surface area contributed by atoms with E-state index in [1.165, 1.54) is 12.0 Å². The Morgan fingerprint density at radius 1 is 1.38 bits per heavy atom. The van der Waals surface area contributed by atoms with Gasteiger partial charge in [0.25, 0.3) is 5.91 Å². The fourth-order valence-corrected chi connectivity index (χ4v) is 3.15. The van der Waals surface area contributed by atoms with E-state index in [2.05, 4.69) is 12.2 Å². The highest BCUT2D eigenvalue weighted by molar-refractivity contribution is 6.07. The van der Waals surface area contributed by atoms with Crippen LogP contribution in [0.15, 0.2) is 0 Å². The van der Waals surface area contributed by atoms with Gasteiger partial charge in [0, 0.05) is 6.54 Å². The van der Waals surface area contributed by atoms with Crippen molar-refractivity contribution in [2.24, 2.45) is 11.3 Å². The number of amides is 3. The van der Waals surface area contributed by atoms with Crippen LogP contribution in [0.4, 0.5) is 4.79 Å². The van der Waals surface area contributed by atoms with Crippen molar-refractivity contribution in [1.82, 2.24) is 10.2 Å². The molecule has 0 aromatic carbocycles. The molecular formula is C15H24N2O4. The number of ether oxygens (including phenoxy) is 1. The second-order valence-corrected chi connectivity index (χ2v) is 6.96. The SMILES string of the molecule is COC(=O)C(C)(C)CN1C(=O)NC2(CCC(C)CC2)C1=O. The number of carbonyl (C=O) groups excluding carboxylic acids is 3. The van der Waals surface area contributed by atoms with Crippen LogP contribution < -0.4 is 5.32 Å². The van der Waals surface area contributed by atoms with Gasteiger partial charge < -0.3 is 10.1 Å². The Labute approximate surface area is 125 Å². The maximum absolute atomic E-state index is 12.7. The van der Waals surface area contributed by atoms with Crippen LogP contribution in [0.1, 0.15) is 46.5 Å². The summed E-state index contributed by atoms with van der Waals surface area (Å²) in [6.07, 6.45) is 3.21. The van der Waals surface area contributed by atoms with Gasteiger partial charge in [-0.1, -0.05) is 6.92 Å². The summed E-state index contributed by atoms with van der Waals surface area (Å²) >= 11 is 0. The van der Waals surface area contributed by atoms with Gasteiger partial charge in [0.15, 0.2) is 0 Å². The highest BCUT2D eigenvalue weighted by Crippen LogP contribution is 2.37. The minimum absolute atomic E-state index is 0.0433. The molecule has 0 aromatic rings. The van der Waals surface area contributed by atoms with Crippen molar-refractivity contribution in [3.05, 3.63) is 0 Å². The van der Waals surface area contributed by atoms with E-state index in [-0.39, 0.29) is 12.5 Å². The molecule has 0 aromatic heterocycles. The summed E-state index contributed by atoms with van der Waals surface area (Å²) in [5, 5.41) is 2.85. The van der Waals surface area contributed by atoms with Crippen LogP contribution in [0, 0.1) is 11.3 Å². The first-order valence-electron chi connectivity index (χ1n) is 7.44. The smallest absolute Gasteiger partial charge is 0.325 e. The Morgan fingerprint density at radius 3 is 2.48 bits per heavy atom. The summed E-state index contributed by atoms with van der Waals surface area (Å²) < 4.78 is 4.74. The van der Waals surface area contributed by atoms with Crippen LogP contribution in [0.3, 0.4) is 0 Å². The van der Waals surface area contributed by atoms with Crippen LogP contribution in [-0.4, -0.2) is 42.0 Å². The molecule has 1 spiro atoms. The highest BCUT2D eigenvalue weighted by atomic mass is 16.5. The Hall–Kier alpha value is -1.59. The number of carbonyl (C=O) groups is 3. The molecule has 21 heavy (non-hydrogen) atoms. The molecule has 0 unspecified atom stereocenters. The summed E-state index contributed by atoms with van der Waals surface area (Å²) in [6.45, 7) is 5.55. The molecule has 0 bridgehead atoms. The van der Waals surface area contributed by atoms with Crippen molar-refractivity contribution in [3.63, 3.8) is 0 Å². The van der Waals surface area contributed by atoms with Crippen molar-refractivity contribution < 1.29 is 19.1 Å². The van der Waals surface area contributed by atoms with E-state index in [0.29, 0.717) is 18.8 Å². The summed E-state index contributed by atoms with van der Waals surface area (Å²) in [7, 11) is 1.31. The zero-order valence-electron chi connectivity index (χ0n) is 13.2. The maximum Gasteiger partial charge on any atom is 0.325 e. The topological polar surface area (TPSA) is 75.7 Å². The Kier molecular flexibility index (Phi) is 4.00. The first-order chi connectivity index (χ1) is 9.72.